The van der Waals surface area contributed by atoms with E-state index >= 15 is 0 Å². The summed E-state index contributed by atoms with van der Waals surface area (Å²) in [6.45, 7) is 0. The van der Waals surface area contributed by atoms with Crippen LogP contribution >= 0.6 is 0 Å². The predicted octanol–water partition coefficient (Wildman–Crippen LogP) is 2.32. The highest BCUT2D eigenvalue weighted by Crippen LogP contribution is 2.25. The molecule has 5 heteroatoms. The number of carbonyl (C=O) groups is 1. The van der Waals surface area contributed by atoms with E-state index in [0.717, 1.165) is 0 Å². The second kappa shape index (κ2) is 6.58. The lowest BCUT2D eigenvalue weighted by atomic mass is 10.1. The van der Waals surface area contributed by atoms with Crippen LogP contribution in [0.4, 0.5) is 0 Å². The molecule has 1 atom stereocenters. The highest BCUT2D eigenvalue weighted by atomic mass is 16.5. The van der Waals surface area contributed by atoms with Gasteiger partial charge >= 0.3 is 0 Å². The first kappa shape index (κ1) is 13.9. The minimum atomic E-state index is -0.937. The van der Waals surface area contributed by atoms with E-state index in [1.165, 1.54) is 0 Å². The summed E-state index contributed by atoms with van der Waals surface area (Å²) in [4.78, 5) is 11.8. The van der Waals surface area contributed by atoms with Crippen LogP contribution in [0.15, 0.2) is 54.6 Å². The second-order valence-corrected chi connectivity index (χ2v) is 4.06. The summed E-state index contributed by atoms with van der Waals surface area (Å²) >= 11 is 0. The number of carbonyl (C=O) groups excluding carboxylic acids is 1. The van der Waals surface area contributed by atoms with Gasteiger partial charge in [0.25, 0.3) is 5.91 Å². The molecule has 20 heavy (non-hydrogen) atoms. The number of benzene rings is 2. The molecule has 1 amide bonds. The molecule has 0 saturated heterocycles. The molecule has 0 aliphatic carbocycles. The van der Waals surface area contributed by atoms with Crippen LogP contribution in [-0.2, 0) is 4.79 Å². The SMILES string of the molecule is COc1cccc(OC(C(=O)NO)c2ccccc2)c1. The van der Waals surface area contributed by atoms with Crippen LogP contribution in [0.3, 0.4) is 0 Å². The van der Waals surface area contributed by atoms with Crippen molar-refractivity contribution in [1.82, 2.24) is 5.48 Å². The van der Waals surface area contributed by atoms with Crippen molar-refractivity contribution in [3.8, 4) is 11.5 Å². The minimum absolute atomic E-state index is 0.474. The van der Waals surface area contributed by atoms with Gasteiger partial charge in [0.2, 0.25) is 6.10 Å². The fourth-order valence-corrected chi connectivity index (χ4v) is 1.77. The topological polar surface area (TPSA) is 67.8 Å². The Morgan fingerprint density at radius 3 is 2.45 bits per heavy atom. The molecule has 0 aliphatic heterocycles. The van der Waals surface area contributed by atoms with Gasteiger partial charge in [0.15, 0.2) is 0 Å². The molecule has 0 bridgehead atoms. The van der Waals surface area contributed by atoms with E-state index in [0.29, 0.717) is 17.1 Å². The molecule has 0 fully saturated rings. The van der Waals surface area contributed by atoms with Gasteiger partial charge in [-0.15, -0.1) is 0 Å². The van der Waals surface area contributed by atoms with Crippen LogP contribution in [0.2, 0.25) is 0 Å². The third-order valence-corrected chi connectivity index (χ3v) is 2.75. The first-order valence-electron chi connectivity index (χ1n) is 6.04. The number of nitrogens with one attached hydrogen (secondary N) is 1. The molecule has 2 rings (SSSR count). The van der Waals surface area contributed by atoms with Crippen LogP contribution in [0.1, 0.15) is 11.7 Å². The van der Waals surface area contributed by atoms with Gasteiger partial charge < -0.3 is 9.47 Å². The van der Waals surface area contributed by atoms with E-state index in [-0.39, 0.29) is 0 Å². The first-order chi connectivity index (χ1) is 9.74. The van der Waals surface area contributed by atoms with Crippen LogP contribution in [-0.4, -0.2) is 18.2 Å². The largest absolute Gasteiger partial charge is 0.497 e. The number of methoxy groups -OCH3 is 1. The predicted molar refractivity (Wildman–Crippen MR) is 72.7 cm³/mol. The molecule has 0 aliphatic rings. The molecular weight excluding hydrogens is 258 g/mol. The first-order valence-corrected chi connectivity index (χ1v) is 6.04. The molecule has 2 aromatic rings. The Hall–Kier alpha value is -2.53. The standard InChI is InChI=1S/C15H15NO4/c1-19-12-8-5-9-13(10-12)20-14(15(17)16-18)11-6-3-2-4-7-11/h2-10,14,18H,1H3,(H,16,17). The van der Waals surface area contributed by atoms with Crippen molar-refractivity contribution in [3.63, 3.8) is 0 Å². The lowest BCUT2D eigenvalue weighted by Gasteiger charge is -2.17. The zero-order valence-electron chi connectivity index (χ0n) is 10.9. The quantitative estimate of drug-likeness (QED) is 0.648. The zero-order valence-corrected chi connectivity index (χ0v) is 10.9. The van der Waals surface area contributed by atoms with Gasteiger partial charge in [0.1, 0.15) is 11.5 Å². The van der Waals surface area contributed by atoms with Gasteiger partial charge in [-0.2, -0.15) is 0 Å². The third kappa shape index (κ3) is 3.27. The minimum Gasteiger partial charge on any atom is -0.497 e. The number of hydrogen-bond acceptors (Lipinski definition) is 4. The van der Waals surface area contributed by atoms with Gasteiger partial charge in [0.05, 0.1) is 7.11 Å². The van der Waals surface area contributed by atoms with E-state index in [1.807, 2.05) is 6.07 Å². The maximum Gasteiger partial charge on any atom is 0.289 e. The molecule has 0 spiro atoms. The Bertz CT molecular complexity index is 571. The van der Waals surface area contributed by atoms with Crippen molar-refractivity contribution in [2.45, 2.75) is 6.10 Å². The Morgan fingerprint density at radius 1 is 1.10 bits per heavy atom. The number of hydroxylamine groups is 1. The van der Waals surface area contributed by atoms with Crippen LogP contribution in [0.25, 0.3) is 0 Å². The highest BCUT2D eigenvalue weighted by molar-refractivity contribution is 5.81. The Kier molecular flexibility index (Phi) is 4.57. The smallest absolute Gasteiger partial charge is 0.289 e. The fraction of sp³-hybridized carbons (Fsp3) is 0.133. The van der Waals surface area contributed by atoms with Crippen LogP contribution in [0.5, 0.6) is 11.5 Å². The monoisotopic (exact) mass is 273 g/mol. The summed E-state index contributed by atoms with van der Waals surface area (Å²) in [6.07, 6.45) is -0.937. The number of ether oxygens (including phenoxy) is 2. The zero-order chi connectivity index (χ0) is 14.4. The molecule has 2 aromatic carbocycles. The molecule has 104 valence electrons. The van der Waals surface area contributed by atoms with Gasteiger partial charge in [-0.25, -0.2) is 5.48 Å². The fourth-order valence-electron chi connectivity index (χ4n) is 1.77. The van der Waals surface area contributed by atoms with E-state index in [1.54, 1.807) is 61.1 Å². The van der Waals surface area contributed by atoms with Crippen molar-refractivity contribution < 1.29 is 19.5 Å². The Labute approximate surface area is 116 Å². The lowest BCUT2D eigenvalue weighted by Crippen LogP contribution is -2.29. The van der Waals surface area contributed by atoms with Crippen molar-refractivity contribution in [2.24, 2.45) is 0 Å². The van der Waals surface area contributed by atoms with Crippen LogP contribution < -0.4 is 15.0 Å². The number of rotatable bonds is 5. The van der Waals surface area contributed by atoms with Gasteiger partial charge in [-0.05, 0) is 12.1 Å². The molecule has 1 unspecified atom stereocenters. The van der Waals surface area contributed by atoms with Crippen molar-refractivity contribution in [3.05, 3.63) is 60.2 Å². The Balaban J connectivity index is 2.26. The molecule has 0 aromatic heterocycles. The number of amides is 1. The summed E-state index contributed by atoms with van der Waals surface area (Å²) in [6, 6.07) is 15.8. The summed E-state index contributed by atoms with van der Waals surface area (Å²) in [5.41, 5.74) is 2.26. The van der Waals surface area contributed by atoms with Crippen LogP contribution in [0, 0.1) is 0 Å². The average Bonchev–Trinajstić information content (AvgIpc) is 2.53. The highest BCUT2D eigenvalue weighted by Gasteiger charge is 2.22. The normalized spacial score (nSPS) is 11.5. The van der Waals surface area contributed by atoms with E-state index < -0.39 is 12.0 Å². The Morgan fingerprint density at radius 2 is 1.80 bits per heavy atom. The average molecular weight is 273 g/mol. The van der Waals surface area contributed by atoms with Gasteiger partial charge in [-0.1, -0.05) is 36.4 Å². The van der Waals surface area contributed by atoms with E-state index in [9.17, 15) is 4.79 Å². The van der Waals surface area contributed by atoms with E-state index in [4.69, 9.17) is 14.7 Å². The number of hydrogen-bond donors (Lipinski definition) is 2. The maximum atomic E-state index is 11.8. The van der Waals surface area contributed by atoms with Crippen molar-refractivity contribution in [2.75, 3.05) is 7.11 Å². The summed E-state index contributed by atoms with van der Waals surface area (Å²) < 4.78 is 10.7. The lowest BCUT2D eigenvalue weighted by molar-refractivity contribution is -0.136. The second-order valence-electron chi connectivity index (χ2n) is 4.06. The molecule has 0 saturated carbocycles. The molecular formula is C15H15NO4. The van der Waals surface area contributed by atoms with E-state index in [2.05, 4.69) is 0 Å². The van der Waals surface area contributed by atoms with Gasteiger partial charge in [-0.3, -0.25) is 10.0 Å². The molecule has 0 heterocycles. The molecule has 5 nitrogen and oxygen atoms in total. The maximum absolute atomic E-state index is 11.8. The van der Waals surface area contributed by atoms with Gasteiger partial charge in [0, 0.05) is 11.6 Å². The summed E-state index contributed by atoms with van der Waals surface area (Å²) in [5, 5.41) is 8.84. The summed E-state index contributed by atoms with van der Waals surface area (Å²) in [5.74, 6) is 0.458. The molecule has 2 N–H and O–H groups in total. The third-order valence-electron chi connectivity index (χ3n) is 2.75. The molecule has 0 radical (unpaired) electrons. The summed E-state index contributed by atoms with van der Waals surface area (Å²) in [7, 11) is 1.55. The van der Waals surface area contributed by atoms with Crippen molar-refractivity contribution in [1.29, 1.82) is 0 Å². The van der Waals surface area contributed by atoms with Crippen molar-refractivity contribution >= 4 is 5.91 Å².